The summed E-state index contributed by atoms with van der Waals surface area (Å²) in [6.07, 6.45) is -0.0146. The van der Waals surface area contributed by atoms with Crippen LogP contribution in [0.2, 0.25) is 0 Å². The molecule has 8 nitrogen and oxygen atoms in total. The quantitative estimate of drug-likeness (QED) is 0.696. The lowest BCUT2D eigenvalue weighted by molar-refractivity contribution is -0.119. The summed E-state index contributed by atoms with van der Waals surface area (Å²) in [6, 6.07) is 9.91. The fourth-order valence-corrected chi connectivity index (χ4v) is 3.68. The second kappa shape index (κ2) is 10.4. The maximum absolute atomic E-state index is 14.6. The summed E-state index contributed by atoms with van der Waals surface area (Å²) in [5.41, 5.74) is 1.78. The van der Waals surface area contributed by atoms with Crippen LogP contribution in [0.4, 0.5) is 20.6 Å². The molecule has 1 aliphatic rings. The Morgan fingerprint density at radius 2 is 1.82 bits per heavy atom. The van der Waals surface area contributed by atoms with E-state index < -0.39 is 23.8 Å². The number of nitrogens with one attached hydrogen (secondary N) is 2. The smallest absolute Gasteiger partial charge is 0.322 e. The molecular formula is C24H29FN4O4. The normalized spacial score (nSPS) is 17.5. The molecule has 1 saturated heterocycles. The monoisotopic (exact) mass is 456 g/mol. The summed E-state index contributed by atoms with van der Waals surface area (Å²) < 4.78 is 20.2. The summed E-state index contributed by atoms with van der Waals surface area (Å²) in [4.78, 5) is 40.7. The number of amides is 4. The van der Waals surface area contributed by atoms with Gasteiger partial charge in [0.1, 0.15) is 11.9 Å². The van der Waals surface area contributed by atoms with Crippen LogP contribution in [0.5, 0.6) is 0 Å². The van der Waals surface area contributed by atoms with E-state index in [1.807, 2.05) is 26.0 Å². The van der Waals surface area contributed by atoms with Gasteiger partial charge in [-0.25, -0.2) is 9.18 Å². The molecule has 4 amide bonds. The molecular weight excluding hydrogens is 427 g/mol. The van der Waals surface area contributed by atoms with Crippen LogP contribution in [-0.4, -0.2) is 67.0 Å². The van der Waals surface area contributed by atoms with E-state index in [1.165, 1.54) is 21.9 Å². The van der Waals surface area contributed by atoms with Gasteiger partial charge >= 0.3 is 6.03 Å². The SMILES string of the molecule is CCO[C@@H]1C[C@H](C(=O)Nc2ccc(C(=O)N(C)C)cc2F)N(C(=O)Nc2ccc(C)cc2)C1. The number of aryl methyl sites for hydroxylation is 1. The number of carbonyl (C=O) groups excluding carboxylic acids is 3. The van der Waals surface area contributed by atoms with Gasteiger partial charge in [-0.05, 0) is 44.2 Å². The zero-order chi connectivity index (χ0) is 24.1. The van der Waals surface area contributed by atoms with E-state index in [0.29, 0.717) is 18.7 Å². The van der Waals surface area contributed by atoms with Gasteiger partial charge in [0.2, 0.25) is 5.91 Å². The lowest BCUT2D eigenvalue weighted by Gasteiger charge is -2.24. The van der Waals surface area contributed by atoms with Crippen molar-refractivity contribution in [2.45, 2.75) is 32.4 Å². The van der Waals surface area contributed by atoms with Gasteiger partial charge in [-0.3, -0.25) is 9.59 Å². The summed E-state index contributed by atoms with van der Waals surface area (Å²) in [5.74, 6) is -1.60. The number of carbonyl (C=O) groups is 3. The molecule has 1 aliphatic heterocycles. The van der Waals surface area contributed by atoms with E-state index >= 15 is 0 Å². The maximum Gasteiger partial charge on any atom is 0.322 e. The van der Waals surface area contributed by atoms with Crippen LogP contribution in [0.25, 0.3) is 0 Å². The van der Waals surface area contributed by atoms with Crippen LogP contribution in [0.1, 0.15) is 29.3 Å². The van der Waals surface area contributed by atoms with E-state index in [2.05, 4.69) is 10.6 Å². The van der Waals surface area contributed by atoms with Crippen LogP contribution in [0, 0.1) is 12.7 Å². The Hall–Kier alpha value is -3.46. The molecule has 176 valence electrons. The molecule has 0 bridgehead atoms. The van der Waals surface area contributed by atoms with Crippen molar-refractivity contribution in [3.8, 4) is 0 Å². The van der Waals surface area contributed by atoms with Crippen LogP contribution < -0.4 is 10.6 Å². The minimum absolute atomic E-state index is 0.0611. The average molecular weight is 457 g/mol. The molecule has 3 rings (SSSR count). The van der Waals surface area contributed by atoms with E-state index in [0.717, 1.165) is 11.6 Å². The van der Waals surface area contributed by atoms with Crippen molar-refractivity contribution in [1.29, 1.82) is 0 Å². The number of halogens is 1. The minimum Gasteiger partial charge on any atom is -0.377 e. The number of benzene rings is 2. The van der Waals surface area contributed by atoms with Gasteiger partial charge in [0.05, 0.1) is 11.8 Å². The standard InChI is InChI=1S/C24H29FN4O4/c1-5-33-18-13-21(29(14-18)24(32)26-17-9-6-15(2)7-10-17)22(30)27-20-11-8-16(12-19(20)25)23(31)28(3)4/h6-12,18,21H,5,13-14H2,1-4H3,(H,26,32)(H,27,30)/t18-,21-/m1/s1. The second-order valence-corrected chi connectivity index (χ2v) is 8.16. The number of likely N-dealkylation sites (tertiary alicyclic amines) is 1. The number of nitrogens with zero attached hydrogens (tertiary/aromatic N) is 2. The van der Waals surface area contributed by atoms with Crippen molar-refractivity contribution in [1.82, 2.24) is 9.80 Å². The molecule has 1 heterocycles. The van der Waals surface area contributed by atoms with Crippen molar-refractivity contribution in [2.24, 2.45) is 0 Å². The van der Waals surface area contributed by atoms with Gasteiger partial charge in [0, 0.05) is 44.9 Å². The summed E-state index contributed by atoms with van der Waals surface area (Å²) >= 11 is 0. The van der Waals surface area contributed by atoms with Crippen molar-refractivity contribution in [2.75, 3.05) is 37.9 Å². The van der Waals surface area contributed by atoms with Crippen LogP contribution in [-0.2, 0) is 9.53 Å². The molecule has 0 spiro atoms. The van der Waals surface area contributed by atoms with Crippen LogP contribution >= 0.6 is 0 Å². The average Bonchev–Trinajstić information content (AvgIpc) is 3.20. The first-order valence-electron chi connectivity index (χ1n) is 10.8. The molecule has 2 N–H and O–H groups in total. The zero-order valence-corrected chi connectivity index (χ0v) is 19.2. The van der Waals surface area contributed by atoms with E-state index in [4.69, 9.17) is 4.74 Å². The number of urea groups is 1. The van der Waals surface area contributed by atoms with Gasteiger partial charge in [-0.1, -0.05) is 17.7 Å². The number of hydrogen-bond acceptors (Lipinski definition) is 4. The third-order valence-corrected chi connectivity index (χ3v) is 5.41. The van der Waals surface area contributed by atoms with Crippen LogP contribution in [0.15, 0.2) is 42.5 Å². The van der Waals surface area contributed by atoms with E-state index in [1.54, 1.807) is 26.2 Å². The molecule has 9 heteroatoms. The molecule has 2 aromatic rings. The fraction of sp³-hybridized carbons (Fsp3) is 0.375. The molecule has 1 fully saturated rings. The Bertz CT molecular complexity index is 1030. The zero-order valence-electron chi connectivity index (χ0n) is 19.2. The van der Waals surface area contributed by atoms with Gasteiger partial charge in [0.25, 0.3) is 5.91 Å². The Labute approximate surface area is 192 Å². The van der Waals surface area contributed by atoms with Crippen molar-refractivity contribution in [3.05, 3.63) is 59.4 Å². The third-order valence-electron chi connectivity index (χ3n) is 5.41. The van der Waals surface area contributed by atoms with Crippen molar-refractivity contribution < 1.29 is 23.5 Å². The molecule has 0 radical (unpaired) electrons. The maximum atomic E-state index is 14.6. The highest BCUT2D eigenvalue weighted by atomic mass is 19.1. The van der Waals surface area contributed by atoms with Gasteiger partial charge in [-0.2, -0.15) is 0 Å². The third kappa shape index (κ3) is 5.87. The fourth-order valence-electron chi connectivity index (χ4n) is 3.68. The minimum atomic E-state index is -0.838. The predicted molar refractivity (Wildman–Crippen MR) is 124 cm³/mol. The second-order valence-electron chi connectivity index (χ2n) is 8.16. The van der Waals surface area contributed by atoms with Gasteiger partial charge in [-0.15, -0.1) is 0 Å². The largest absolute Gasteiger partial charge is 0.377 e. The highest BCUT2D eigenvalue weighted by molar-refractivity contribution is 6.00. The molecule has 0 aliphatic carbocycles. The predicted octanol–water partition coefficient (Wildman–Crippen LogP) is 3.49. The topological polar surface area (TPSA) is 91.0 Å². The van der Waals surface area contributed by atoms with Gasteiger partial charge in [0.15, 0.2) is 0 Å². The molecule has 0 unspecified atom stereocenters. The Morgan fingerprint density at radius 3 is 2.42 bits per heavy atom. The Morgan fingerprint density at radius 1 is 1.12 bits per heavy atom. The Balaban J connectivity index is 1.75. The lowest BCUT2D eigenvalue weighted by Crippen LogP contribution is -2.45. The highest BCUT2D eigenvalue weighted by Crippen LogP contribution is 2.25. The van der Waals surface area contributed by atoms with Crippen LogP contribution in [0.3, 0.4) is 0 Å². The van der Waals surface area contributed by atoms with Crippen molar-refractivity contribution >= 4 is 29.2 Å². The number of hydrogen-bond donors (Lipinski definition) is 2. The number of rotatable bonds is 6. The lowest BCUT2D eigenvalue weighted by atomic mass is 10.1. The summed E-state index contributed by atoms with van der Waals surface area (Å²) in [6.45, 7) is 4.47. The van der Waals surface area contributed by atoms with Crippen molar-refractivity contribution in [3.63, 3.8) is 0 Å². The summed E-state index contributed by atoms with van der Waals surface area (Å²) in [5, 5.41) is 5.35. The molecule has 0 saturated carbocycles. The molecule has 2 atom stereocenters. The van der Waals surface area contributed by atoms with E-state index in [9.17, 15) is 18.8 Å². The molecule has 33 heavy (non-hydrogen) atoms. The highest BCUT2D eigenvalue weighted by Gasteiger charge is 2.40. The first-order chi connectivity index (χ1) is 15.7. The molecule has 2 aromatic carbocycles. The Kier molecular flexibility index (Phi) is 7.65. The first-order valence-corrected chi connectivity index (χ1v) is 10.8. The first kappa shape index (κ1) is 24.2. The summed E-state index contributed by atoms with van der Waals surface area (Å²) in [7, 11) is 3.14. The van der Waals surface area contributed by atoms with E-state index in [-0.39, 0.29) is 29.8 Å². The van der Waals surface area contributed by atoms with Gasteiger partial charge < -0.3 is 25.2 Å². The number of ether oxygens (including phenoxy) is 1. The molecule has 0 aromatic heterocycles. The number of anilines is 2.